The lowest BCUT2D eigenvalue weighted by Gasteiger charge is -2.38. The molecule has 1 amide bonds. The third-order valence-electron chi connectivity index (χ3n) is 6.03. The fourth-order valence-corrected chi connectivity index (χ4v) is 4.37. The molecule has 0 atom stereocenters. The Balaban J connectivity index is 1.82. The molecular formula is C25H19NO6. The van der Waals surface area contributed by atoms with Gasteiger partial charge < -0.3 is 25.0 Å². The van der Waals surface area contributed by atoms with Crippen molar-refractivity contribution < 1.29 is 29.3 Å². The Labute approximate surface area is 183 Å². The number of nitrogens with one attached hydrogen (secondary N) is 1. The van der Waals surface area contributed by atoms with Gasteiger partial charge in [-0.3, -0.25) is 4.79 Å². The molecule has 0 fully saturated rings. The molecule has 3 aromatic carbocycles. The molecule has 5 rings (SSSR count). The summed E-state index contributed by atoms with van der Waals surface area (Å²) in [6, 6.07) is 11.4. The number of phenols is 2. The van der Waals surface area contributed by atoms with Gasteiger partial charge in [0, 0.05) is 33.5 Å². The Bertz CT molecular complexity index is 1300. The van der Waals surface area contributed by atoms with Crippen molar-refractivity contribution >= 4 is 17.6 Å². The molecule has 0 unspecified atom stereocenters. The number of hydrogen-bond donors (Lipinski definition) is 3. The standard InChI is InChI=1S/C25H19NO6/c1-4-21(29)26-14-5-6-16-15(11-14)24(30)32-25(16)17-7-9-19(27)12(2)22(17)31-23-13(3)20(28)10-8-18(23)25/h4-11,27-28H,1H2,2-3H3,(H,26,29). The van der Waals surface area contributed by atoms with Crippen LogP contribution in [0, 0.1) is 13.8 Å². The minimum atomic E-state index is -1.34. The van der Waals surface area contributed by atoms with Crippen LogP contribution in [-0.2, 0) is 15.1 Å². The van der Waals surface area contributed by atoms with E-state index < -0.39 is 17.5 Å². The highest BCUT2D eigenvalue weighted by Gasteiger charge is 2.54. The van der Waals surface area contributed by atoms with Crippen molar-refractivity contribution in [3.8, 4) is 23.0 Å². The van der Waals surface area contributed by atoms with Crippen LogP contribution < -0.4 is 10.1 Å². The number of anilines is 1. The summed E-state index contributed by atoms with van der Waals surface area (Å²) in [5.74, 6) is -0.180. The fourth-order valence-electron chi connectivity index (χ4n) is 4.37. The first-order valence-electron chi connectivity index (χ1n) is 9.93. The van der Waals surface area contributed by atoms with Crippen LogP contribution in [0.15, 0.2) is 55.1 Å². The Morgan fingerprint density at radius 3 is 2.09 bits per heavy atom. The molecule has 0 radical (unpaired) electrons. The minimum absolute atomic E-state index is 0.0344. The molecular weight excluding hydrogens is 410 g/mol. The second-order valence-electron chi connectivity index (χ2n) is 7.80. The molecule has 2 aliphatic heterocycles. The Hall–Kier alpha value is -4.26. The molecule has 0 aromatic heterocycles. The van der Waals surface area contributed by atoms with E-state index in [1.165, 1.54) is 12.1 Å². The molecule has 7 nitrogen and oxygen atoms in total. The third kappa shape index (κ3) is 2.48. The number of carbonyl (C=O) groups is 2. The number of carbonyl (C=O) groups excluding carboxylic acids is 2. The predicted octanol–water partition coefficient (Wildman–Crippen LogP) is 4.41. The quantitative estimate of drug-likeness (QED) is 0.412. The van der Waals surface area contributed by atoms with Gasteiger partial charge >= 0.3 is 5.97 Å². The van der Waals surface area contributed by atoms with Crippen molar-refractivity contribution in [2.45, 2.75) is 19.4 Å². The van der Waals surface area contributed by atoms with E-state index in [2.05, 4.69) is 11.9 Å². The summed E-state index contributed by atoms with van der Waals surface area (Å²) in [5.41, 5.74) is 2.03. The van der Waals surface area contributed by atoms with E-state index in [1.807, 2.05) is 0 Å². The van der Waals surface area contributed by atoms with Crippen molar-refractivity contribution in [1.29, 1.82) is 0 Å². The van der Waals surface area contributed by atoms with E-state index in [4.69, 9.17) is 9.47 Å². The van der Waals surface area contributed by atoms with Crippen molar-refractivity contribution in [3.05, 3.63) is 88.5 Å². The predicted molar refractivity (Wildman–Crippen MR) is 116 cm³/mol. The van der Waals surface area contributed by atoms with Crippen molar-refractivity contribution in [2.24, 2.45) is 0 Å². The molecule has 3 N–H and O–H groups in total. The molecule has 3 aromatic rings. The van der Waals surface area contributed by atoms with Gasteiger partial charge in [-0.2, -0.15) is 0 Å². The Morgan fingerprint density at radius 1 is 0.969 bits per heavy atom. The van der Waals surface area contributed by atoms with Gasteiger partial charge in [0.15, 0.2) is 5.60 Å². The fraction of sp³-hybridized carbons (Fsp3) is 0.120. The normalized spacial score (nSPS) is 14.6. The Morgan fingerprint density at radius 2 is 1.53 bits per heavy atom. The maximum atomic E-state index is 13.1. The molecule has 7 heteroatoms. The summed E-state index contributed by atoms with van der Waals surface area (Å²) in [6.07, 6.45) is 1.14. The molecule has 2 aliphatic rings. The minimum Gasteiger partial charge on any atom is -0.508 e. The molecule has 0 saturated carbocycles. The maximum absolute atomic E-state index is 13.1. The van der Waals surface area contributed by atoms with Gasteiger partial charge in [-0.1, -0.05) is 12.6 Å². The topological polar surface area (TPSA) is 105 Å². The second kappa shape index (κ2) is 6.62. The van der Waals surface area contributed by atoms with E-state index in [1.54, 1.807) is 44.2 Å². The number of hydrogen-bond acceptors (Lipinski definition) is 6. The number of benzene rings is 3. The smallest absolute Gasteiger partial charge is 0.340 e. The van der Waals surface area contributed by atoms with E-state index in [0.717, 1.165) is 6.08 Å². The maximum Gasteiger partial charge on any atom is 0.340 e. The van der Waals surface area contributed by atoms with Gasteiger partial charge in [-0.25, -0.2) is 4.79 Å². The van der Waals surface area contributed by atoms with Crippen LogP contribution in [-0.4, -0.2) is 22.1 Å². The summed E-state index contributed by atoms with van der Waals surface area (Å²) in [7, 11) is 0. The van der Waals surface area contributed by atoms with Gasteiger partial charge in [0.2, 0.25) is 5.91 Å². The van der Waals surface area contributed by atoms with Crippen LogP contribution in [0.5, 0.6) is 23.0 Å². The van der Waals surface area contributed by atoms with Crippen LogP contribution in [0.25, 0.3) is 0 Å². The monoisotopic (exact) mass is 429 g/mol. The number of phenolic OH excluding ortho intramolecular Hbond substituents is 2. The summed E-state index contributed by atoms with van der Waals surface area (Å²) in [6.45, 7) is 6.84. The molecule has 0 bridgehead atoms. The van der Waals surface area contributed by atoms with E-state index in [-0.39, 0.29) is 11.5 Å². The molecule has 2 heterocycles. The SMILES string of the molecule is C=CC(=O)Nc1ccc2c(c1)C(=O)OC21c2ccc(O)c(C)c2Oc2c1ccc(O)c2C. The second-order valence-corrected chi connectivity index (χ2v) is 7.80. The number of rotatable bonds is 2. The number of aromatic hydroxyl groups is 2. The van der Waals surface area contributed by atoms with Crippen LogP contribution >= 0.6 is 0 Å². The average molecular weight is 429 g/mol. The van der Waals surface area contributed by atoms with Crippen LogP contribution in [0.3, 0.4) is 0 Å². The van der Waals surface area contributed by atoms with Gasteiger partial charge in [0.25, 0.3) is 0 Å². The summed E-state index contributed by atoms with van der Waals surface area (Å²) in [4.78, 5) is 24.8. The zero-order valence-electron chi connectivity index (χ0n) is 17.4. The van der Waals surface area contributed by atoms with Crippen LogP contribution in [0.2, 0.25) is 0 Å². The number of fused-ring (bicyclic) bond motifs is 6. The van der Waals surface area contributed by atoms with E-state index >= 15 is 0 Å². The molecule has 32 heavy (non-hydrogen) atoms. The van der Waals surface area contributed by atoms with Crippen LogP contribution in [0.4, 0.5) is 5.69 Å². The highest BCUT2D eigenvalue weighted by molar-refractivity contribution is 6.02. The lowest BCUT2D eigenvalue weighted by molar-refractivity contribution is -0.111. The lowest BCUT2D eigenvalue weighted by atomic mass is 9.76. The van der Waals surface area contributed by atoms with E-state index in [9.17, 15) is 19.8 Å². The highest BCUT2D eigenvalue weighted by Crippen LogP contribution is 2.59. The van der Waals surface area contributed by atoms with E-state index in [0.29, 0.717) is 50.6 Å². The number of amides is 1. The number of ether oxygens (including phenoxy) is 2. The summed E-state index contributed by atoms with van der Waals surface area (Å²) < 4.78 is 12.2. The first kappa shape index (κ1) is 19.7. The van der Waals surface area contributed by atoms with Crippen molar-refractivity contribution in [3.63, 3.8) is 0 Å². The first-order chi connectivity index (χ1) is 15.3. The van der Waals surface area contributed by atoms with Gasteiger partial charge in [0.1, 0.15) is 23.0 Å². The summed E-state index contributed by atoms with van der Waals surface area (Å²) in [5, 5.41) is 23.2. The van der Waals surface area contributed by atoms with Gasteiger partial charge in [-0.15, -0.1) is 0 Å². The van der Waals surface area contributed by atoms with Gasteiger partial charge in [0.05, 0.1) is 5.56 Å². The zero-order chi connectivity index (χ0) is 22.8. The van der Waals surface area contributed by atoms with Crippen molar-refractivity contribution in [2.75, 3.05) is 5.32 Å². The molecule has 1 spiro atoms. The lowest BCUT2D eigenvalue weighted by Crippen LogP contribution is -2.33. The Kier molecular flexibility index (Phi) is 4.07. The molecule has 160 valence electrons. The number of esters is 1. The highest BCUT2D eigenvalue weighted by atomic mass is 16.6. The largest absolute Gasteiger partial charge is 0.508 e. The average Bonchev–Trinajstić information content (AvgIpc) is 3.06. The first-order valence-corrected chi connectivity index (χ1v) is 9.93. The molecule has 0 aliphatic carbocycles. The third-order valence-corrected chi connectivity index (χ3v) is 6.03. The van der Waals surface area contributed by atoms with Crippen molar-refractivity contribution in [1.82, 2.24) is 0 Å². The molecule has 0 saturated heterocycles. The van der Waals surface area contributed by atoms with Gasteiger partial charge in [-0.05, 0) is 56.3 Å². The summed E-state index contributed by atoms with van der Waals surface area (Å²) >= 11 is 0. The van der Waals surface area contributed by atoms with Crippen LogP contribution in [0.1, 0.15) is 38.2 Å². The zero-order valence-corrected chi connectivity index (χ0v) is 17.4.